The Bertz CT molecular complexity index is 272. The molecule has 1 rings (SSSR count). The first kappa shape index (κ1) is 12.2. The van der Waals surface area contributed by atoms with Crippen LogP contribution in [-0.2, 0) is 6.54 Å². The molecule has 3 heteroatoms. The van der Waals surface area contributed by atoms with Gasteiger partial charge in [0.05, 0.1) is 3.79 Å². The van der Waals surface area contributed by atoms with Gasteiger partial charge in [0.15, 0.2) is 0 Å². The second kappa shape index (κ2) is 5.89. The second-order valence-corrected chi connectivity index (χ2v) is 6.07. The van der Waals surface area contributed by atoms with Crippen LogP contribution in [-0.4, -0.2) is 17.5 Å². The van der Waals surface area contributed by atoms with Crippen molar-refractivity contribution in [2.75, 3.05) is 6.54 Å². The smallest absolute Gasteiger partial charge is 0.0701 e. The highest BCUT2D eigenvalue weighted by Crippen LogP contribution is 2.24. The zero-order chi connectivity index (χ0) is 10.6. The lowest BCUT2D eigenvalue weighted by Gasteiger charge is -2.26. The molecule has 0 spiro atoms. The van der Waals surface area contributed by atoms with Crippen LogP contribution in [0.25, 0.3) is 0 Å². The average Bonchev–Trinajstić information content (AvgIpc) is 2.59. The quantitative estimate of drug-likeness (QED) is 0.781. The van der Waals surface area contributed by atoms with Crippen LogP contribution in [0.4, 0.5) is 0 Å². The Morgan fingerprint density at radius 2 is 2.14 bits per heavy atom. The molecule has 0 amide bonds. The van der Waals surface area contributed by atoms with Gasteiger partial charge in [-0.1, -0.05) is 13.8 Å². The zero-order valence-electron chi connectivity index (χ0n) is 9.09. The summed E-state index contributed by atoms with van der Waals surface area (Å²) < 4.78 is 1.23. The van der Waals surface area contributed by atoms with Crippen LogP contribution < -0.4 is 0 Å². The molecular weight excluding hydrogens is 258 g/mol. The lowest BCUT2D eigenvalue weighted by atomic mass is 10.2. The summed E-state index contributed by atoms with van der Waals surface area (Å²) in [5, 5.41) is 0. The van der Waals surface area contributed by atoms with E-state index in [2.05, 4.69) is 53.7 Å². The molecular formula is C11H18BrNS. The van der Waals surface area contributed by atoms with Crippen molar-refractivity contribution in [2.24, 2.45) is 0 Å². The Balaban J connectivity index is 2.56. The molecule has 0 aliphatic carbocycles. The largest absolute Gasteiger partial charge is 0.296 e. The molecule has 1 atom stereocenters. The highest BCUT2D eigenvalue weighted by atomic mass is 79.9. The fourth-order valence-electron chi connectivity index (χ4n) is 1.47. The summed E-state index contributed by atoms with van der Waals surface area (Å²) in [6.45, 7) is 8.99. The van der Waals surface area contributed by atoms with Crippen molar-refractivity contribution in [3.8, 4) is 0 Å². The highest BCUT2D eigenvalue weighted by molar-refractivity contribution is 9.11. The van der Waals surface area contributed by atoms with Crippen LogP contribution in [0, 0.1) is 0 Å². The van der Waals surface area contributed by atoms with Gasteiger partial charge in [0.1, 0.15) is 0 Å². The Hall–Kier alpha value is 0.140. The van der Waals surface area contributed by atoms with Gasteiger partial charge >= 0.3 is 0 Å². The van der Waals surface area contributed by atoms with Gasteiger partial charge in [0.25, 0.3) is 0 Å². The number of halogens is 1. The van der Waals surface area contributed by atoms with Gasteiger partial charge in [-0.05, 0) is 48.0 Å². The van der Waals surface area contributed by atoms with Crippen molar-refractivity contribution in [1.29, 1.82) is 0 Å². The van der Waals surface area contributed by atoms with E-state index in [4.69, 9.17) is 0 Å². The Labute approximate surface area is 99.3 Å². The molecule has 1 unspecified atom stereocenters. The SMILES string of the molecule is CCC(C)N(CC)Cc1ccc(Br)s1. The molecule has 0 bridgehead atoms. The number of hydrogen-bond donors (Lipinski definition) is 0. The number of hydrogen-bond acceptors (Lipinski definition) is 2. The van der Waals surface area contributed by atoms with Gasteiger partial charge in [0, 0.05) is 17.5 Å². The van der Waals surface area contributed by atoms with E-state index in [1.54, 1.807) is 0 Å². The van der Waals surface area contributed by atoms with E-state index in [9.17, 15) is 0 Å². The monoisotopic (exact) mass is 275 g/mol. The third-order valence-corrected chi connectivity index (χ3v) is 4.22. The van der Waals surface area contributed by atoms with Gasteiger partial charge in [-0.3, -0.25) is 4.90 Å². The minimum absolute atomic E-state index is 0.681. The molecule has 1 nitrogen and oxygen atoms in total. The van der Waals surface area contributed by atoms with Crippen LogP contribution in [0.5, 0.6) is 0 Å². The van der Waals surface area contributed by atoms with E-state index in [0.29, 0.717) is 6.04 Å². The fraction of sp³-hybridized carbons (Fsp3) is 0.636. The van der Waals surface area contributed by atoms with Crippen molar-refractivity contribution >= 4 is 27.3 Å². The molecule has 0 saturated heterocycles. The molecule has 80 valence electrons. The Kier molecular flexibility index (Phi) is 5.13. The maximum Gasteiger partial charge on any atom is 0.0701 e. The topological polar surface area (TPSA) is 3.24 Å². The second-order valence-electron chi connectivity index (χ2n) is 3.53. The number of nitrogens with zero attached hydrogens (tertiary/aromatic N) is 1. The van der Waals surface area contributed by atoms with Gasteiger partial charge in [-0.15, -0.1) is 11.3 Å². The summed E-state index contributed by atoms with van der Waals surface area (Å²) in [7, 11) is 0. The first-order valence-electron chi connectivity index (χ1n) is 5.15. The molecule has 0 aromatic carbocycles. The summed E-state index contributed by atoms with van der Waals surface area (Å²) in [6.07, 6.45) is 1.22. The molecule has 0 aliphatic heterocycles. The number of rotatable bonds is 5. The molecule has 0 fully saturated rings. The molecule has 1 aromatic rings. The molecule has 1 heterocycles. The Morgan fingerprint density at radius 3 is 2.57 bits per heavy atom. The van der Waals surface area contributed by atoms with Crippen molar-refractivity contribution in [2.45, 2.75) is 39.8 Å². The number of thiophene rings is 1. The third-order valence-electron chi connectivity index (χ3n) is 2.61. The summed E-state index contributed by atoms with van der Waals surface area (Å²) in [5.74, 6) is 0. The van der Waals surface area contributed by atoms with Gasteiger partial charge in [-0.2, -0.15) is 0 Å². The lowest BCUT2D eigenvalue weighted by Crippen LogP contribution is -2.31. The minimum atomic E-state index is 0.681. The maximum absolute atomic E-state index is 3.50. The first-order valence-corrected chi connectivity index (χ1v) is 6.76. The van der Waals surface area contributed by atoms with Crippen molar-refractivity contribution in [3.05, 3.63) is 20.8 Å². The van der Waals surface area contributed by atoms with Crippen molar-refractivity contribution < 1.29 is 0 Å². The summed E-state index contributed by atoms with van der Waals surface area (Å²) in [5.41, 5.74) is 0. The summed E-state index contributed by atoms with van der Waals surface area (Å²) in [4.78, 5) is 3.96. The summed E-state index contributed by atoms with van der Waals surface area (Å²) in [6, 6.07) is 5.02. The molecule has 0 saturated carbocycles. The van der Waals surface area contributed by atoms with E-state index < -0.39 is 0 Å². The van der Waals surface area contributed by atoms with Crippen molar-refractivity contribution in [3.63, 3.8) is 0 Å². The van der Waals surface area contributed by atoms with E-state index in [0.717, 1.165) is 13.1 Å². The van der Waals surface area contributed by atoms with Crippen LogP contribution in [0.2, 0.25) is 0 Å². The minimum Gasteiger partial charge on any atom is -0.296 e. The average molecular weight is 276 g/mol. The standard InChI is InChI=1S/C11H18BrNS/c1-4-9(3)13(5-2)8-10-6-7-11(12)14-10/h6-7,9H,4-5,8H2,1-3H3. The van der Waals surface area contributed by atoms with Gasteiger partial charge in [-0.25, -0.2) is 0 Å². The molecule has 0 radical (unpaired) electrons. The molecule has 1 aromatic heterocycles. The third kappa shape index (κ3) is 3.37. The van der Waals surface area contributed by atoms with Gasteiger partial charge < -0.3 is 0 Å². The van der Waals surface area contributed by atoms with Crippen molar-refractivity contribution in [1.82, 2.24) is 4.90 Å². The maximum atomic E-state index is 3.50. The van der Waals surface area contributed by atoms with Crippen LogP contribution in [0.1, 0.15) is 32.1 Å². The normalized spacial score (nSPS) is 13.5. The molecule has 0 aliphatic rings. The van der Waals surface area contributed by atoms with Gasteiger partial charge in [0.2, 0.25) is 0 Å². The lowest BCUT2D eigenvalue weighted by molar-refractivity contribution is 0.208. The van der Waals surface area contributed by atoms with E-state index in [1.165, 1.54) is 15.1 Å². The molecule has 0 N–H and O–H groups in total. The van der Waals surface area contributed by atoms with Crippen LogP contribution in [0.3, 0.4) is 0 Å². The Morgan fingerprint density at radius 1 is 1.43 bits per heavy atom. The van der Waals surface area contributed by atoms with Crippen LogP contribution >= 0.6 is 27.3 Å². The summed E-state index contributed by atoms with van der Waals surface area (Å²) >= 11 is 5.33. The van der Waals surface area contributed by atoms with E-state index in [1.807, 2.05) is 11.3 Å². The predicted molar refractivity (Wildman–Crippen MR) is 67.9 cm³/mol. The predicted octanol–water partition coefficient (Wildman–Crippen LogP) is 4.13. The van der Waals surface area contributed by atoms with E-state index in [-0.39, 0.29) is 0 Å². The molecule has 14 heavy (non-hydrogen) atoms. The zero-order valence-corrected chi connectivity index (χ0v) is 11.5. The fourth-order valence-corrected chi connectivity index (χ4v) is 2.98. The van der Waals surface area contributed by atoms with Crippen LogP contribution in [0.15, 0.2) is 15.9 Å². The van der Waals surface area contributed by atoms with E-state index >= 15 is 0 Å². The first-order chi connectivity index (χ1) is 6.67. The highest BCUT2D eigenvalue weighted by Gasteiger charge is 2.11.